The lowest BCUT2D eigenvalue weighted by Gasteiger charge is -2.13. The number of aliphatic hydroxyl groups excluding tert-OH is 1. The average molecular weight is 251 g/mol. The minimum atomic E-state index is -0.605. The summed E-state index contributed by atoms with van der Waals surface area (Å²) < 4.78 is 28.1. The van der Waals surface area contributed by atoms with Crippen LogP contribution in [0.5, 0.6) is 0 Å². The van der Waals surface area contributed by atoms with Crippen LogP contribution in [0.3, 0.4) is 0 Å². The molecule has 0 spiro atoms. The zero-order valence-electron chi connectivity index (χ0n) is 9.65. The predicted octanol–water partition coefficient (Wildman–Crippen LogP) is 1.92. The van der Waals surface area contributed by atoms with Crippen LogP contribution in [0, 0.1) is 18.6 Å². The molecule has 2 rings (SSSR count). The molecule has 0 aliphatic rings. The number of pyridine rings is 1. The third-order valence-electron chi connectivity index (χ3n) is 2.66. The van der Waals surface area contributed by atoms with E-state index in [-0.39, 0.29) is 16.7 Å². The van der Waals surface area contributed by atoms with E-state index in [2.05, 4.69) is 0 Å². The molecule has 0 bridgehead atoms. The van der Waals surface area contributed by atoms with E-state index in [9.17, 15) is 13.6 Å². The van der Waals surface area contributed by atoms with Gasteiger partial charge < -0.3 is 9.67 Å². The van der Waals surface area contributed by atoms with Gasteiger partial charge in [0.25, 0.3) is 0 Å². The number of aliphatic hydroxyl groups is 1. The fourth-order valence-corrected chi connectivity index (χ4v) is 1.72. The van der Waals surface area contributed by atoms with Crippen molar-refractivity contribution in [3.8, 4) is 5.69 Å². The molecule has 94 valence electrons. The monoisotopic (exact) mass is 251 g/mol. The summed E-state index contributed by atoms with van der Waals surface area (Å²) in [6.45, 7) is 1.16. The Balaban J connectivity index is 2.70. The summed E-state index contributed by atoms with van der Waals surface area (Å²) in [6.07, 6.45) is 1.32. The molecule has 3 nitrogen and oxygen atoms in total. The third-order valence-corrected chi connectivity index (χ3v) is 2.66. The summed E-state index contributed by atoms with van der Waals surface area (Å²) in [5, 5.41) is 9.02. The molecule has 0 fully saturated rings. The van der Waals surface area contributed by atoms with Gasteiger partial charge in [-0.15, -0.1) is 0 Å². The first kappa shape index (κ1) is 12.4. The number of halogens is 2. The van der Waals surface area contributed by atoms with Crippen LogP contribution in [0.15, 0.2) is 35.3 Å². The average Bonchev–Trinajstić information content (AvgIpc) is 2.33. The fraction of sp³-hybridized carbons (Fsp3) is 0.154. The summed E-state index contributed by atoms with van der Waals surface area (Å²) in [4.78, 5) is 11.5. The maximum absolute atomic E-state index is 13.6. The SMILES string of the molecule is Cc1cc(=O)c(CO)cn1-c1cc(F)ccc1F. The first-order valence-corrected chi connectivity index (χ1v) is 5.31. The molecule has 1 N–H and O–H groups in total. The van der Waals surface area contributed by atoms with Crippen molar-refractivity contribution in [2.24, 2.45) is 0 Å². The molecule has 1 heterocycles. The quantitative estimate of drug-likeness (QED) is 0.886. The Morgan fingerprint density at radius 1 is 1.28 bits per heavy atom. The van der Waals surface area contributed by atoms with Crippen LogP contribution in [0.2, 0.25) is 0 Å². The molecule has 0 aliphatic carbocycles. The van der Waals surface area contributed by atoms with E-state index >= 15 is 0 Å². The normalized spacial score (nSPS) is 10.7. The Morgan fingerprint density at radius 2 is 2.00 bits per heavy atom. The maximum atomic E-state index is 13.6. The lowest BCUT2D eigenvalue weighted by atomic mass is 10.2. The Kier molecular flexibility index (Phi) is 3.25. The van der Waals surface area contributed by atoms with E-state index in [0.717, 1.165) is 18.2 Å². The molecule has 0 saturated carbocycles. The second-order valence-corrected chi connectivity index (χ2v) is 3.93. The highest BCUT2D eigenvalue weighted by Crippen LogP contribution is 2.16. The Hall–Kier alpha value is -2.01. The van der Waals surface area contributed by atoms with Gasteiger partial charge in [0.2, 0.25) is 0 Å². The topological polar surface area (TPSA) is 42.2 Å². The molecule has 0 amide bonds. The maximum Gasteiger partial charge on any atom is 0.187 e. The molecular formula is C13H11F2NO2. The Morgan fingerprint density at radius 3 is 2.67 bits per heavy atom. The summed E-state index contributed by atoms with van der Waals surface area (Å²) in [5.74, 6) is -1.18. The lowest BCUT2D eigenvalue weighted by Crippen LogP contribution is -2.14. The summed E-state index contributed by atoms with van der Waals surface area (Å²) >= 11 is 0. The molecule has 1 aromatic heterocycles. The smallest absolute Gasteiger partial charge is 0.187 e. The fourth-order valence-electron chi connectivity index (χ4n) is 1.72. The highest BCUT2D eigenvalue weighted by Gasteiger charge is 2.09. The van der Waals surface area contributed by atoms with Crippen LogP contribution >= 0.6 is 0 Å². The van der Waals surface area contributed by atoms with Gasteiger partial charge in [-0.05, 0) is 19.1 Å². The molecule has 2 aromatic rings. The van der Waals surface area contributed by atoms with Crippen LogP contribution in [0.1, 0.15) is 11.3 Å². The minimum Gasteiger partial charge on any atom is -0.391 e. The van der Waals surface area contributed by atoms with Crippen LogP contribution in [-0.4, -0.2) is 9.67 Å². The van der Waals surface area contributed by atoms with E-state index < -0.39 is 18.2 Å². The van der Waals surface area contributed by atoms with E-state index in [1.165, 1.54) is 16.8 Å². The van der Waals surface area contributed by atoms with Crippen molar-refractivity contribution in [3.63, 3.8) is 0 Å². The number of hydrogen-bond acceptors (Lipinski definition) is 2. The molecule has 0 atom stereocenters. The van der Waals surface area contributed by atoms with Gasteiger partial charge in [-0.3, -0.25) is 4.79 Å². The molecule has 0 saturated heterocycles. The van der Waals surface area contributed by atoms with Gasteiger partial charge in [0, 0.05) is 29.6 Å². The largest absolute Gasteiger partial charge is 0.391 e. The van der Waals surface area contributed by atoms with E-state index in [1.54, 1.807) is 6.92 Å². The van der Waals surface area contributed by atoms with Crippen molar-refractivity contribution in [1.29, 1.82) is 0 Å². The summed E-state index contributed by atoms with van der Waals surface area (Å²) in [7, 11) is 0. The van der Waals surface area contributed by atoms with E-state index in [1.807, 2.05) is 0 Å². The Bertz CT molecular complexity index is 650. The number of aromatic nitrogens is 1. The van der Waals surface area contributed by atoms with Crippen molar-refractivity contribution < 1.29 is 13.9 Å². The van der Waals surface area contributed by atoms with Crippen molar-refractivity contribution in [2.45, 2.75) is 13.5 Å². The highest BCUT2D eigenvalue weighted by atomic mass is 19.1. The molecular weight excluding hydrogens is 240 g/mol. The van der Waals surface area contributed by atoms with Crippen LogP contribution < -0.4 is 5.43 Å². The van der Waals surface area contributed by atoms with Gasteiger partial charge in [-0.25, -0.2) is 8.78 Å². The molecule has 0 aliphatic heterocycles. The van der Waals surface area contributed by atoms with Crippen LogP contribution in [-0.2, 0) is 6.61 Å². The Labute approximate surface area is 102 Å². The first-order valence-electron chi connectivity index (χ1n) is 5.31. The van der Waals surface area contributed by atoms with Crippen molar-refractivity contribution in [1.82, 2.24) is 4.57 Å². The summed E-state index contributed by atoms with van der Waals surface area (Å²) in [5.41, 5.74) is 0.260. The number of aryl methyl sites for hydroxylation is 1. The standard InChI is InChI=1S/C13H11F2NO2/c1-8-4-13(18)9(7-17)6-16(8)12-5-10(14)2-3-11(12)15/h2-6,17H,7H2,1H3. The number of nitrogens with zero attached hydrogens (tertiary/aromatic N) is 1. The second kappa shape index (κ2) is 4.70. The predicted molar refractivity (Wildman–Crippen MR) is 62.6 cm³/mol. The van der Waals surface area contributed by atoms with Gasteiger partial charge in [0.15, 0.2) is 5.43 Å². The van der Waals surface area contributed by atoms with Gasteiger partial charge in [-0.2, -0.15) is 0 Å². The molecule has 5 heteroatoms. The first-order chi connectivity index (χ1) is 8.52. The number of rotatable bonds is 2. The zero-order valence-corrected chi connectivity index (χ0v) is 9.65. The number of hydrogen-bond donors (Lipinski definition) is 1. The zero-order chi connectivity index (χ0) is 13.3. The van der Waals surface area contributed by atoms with Gasteiger partial charge in [0.05, 0.1) is 12.3 Å². The van der Waals surface area contributed by atoms with E-state index in [4.69, 9.17) is 5.11 Å². The van der Waals surface area contributed by atoms with Gasteiger partial charge in [-0.1, -0.05) is 0 Å². The van der Waals surface area contributed by atoms with Crippen LogP contribution in [0.4, 0.5) is 8.78 Å². The molecule has 0 radical (unpaired) electrons. The molecule has 1 aromatic carbocycles. The van der Waals surface area contributed by atoms with Gasteiger partial charge >= 0.3 is 0 Å². The van der Waals surface area contributed by atoms with Crippen molar-refractivity contribution in [3.05, 3.63) is 63.6 Å². The summed E-state index contributed by atoms with van der Waals surface area (Å²) in [6, 6.07) is 4.34. The van der Waals surface area contributed by atoms with E-state index in [0.29, 0.717) is 5.69 Å². The molecule has 18 heavy (non-hydrogen) atoms. The van der Waals surface area contributed by atoms with Crippen molar-refractivity contribution in [2.75, 3.05) is 0 Å². The minimum absolute atomic E-state index is 0.00204. The second-order valence-electron chi connectivity index (χ2n) is 3.93. The molecule has 0 unspecified atom stereocenters. The van der Waals surface area contributed by atoms with Crippen molar-refractivity contribution >= 4 is 0 Å². The highest BCUT2D eigenvalue weighted by molar-refractivity contribution is 5.37. The van der Waals surface area contributed by atoms with Crippen LogP contribution in [0.25, 0.3) is 5.69 Å². The van der Waals surface area contributed by atoms with Gasteiger partial charge in [0.1, 0.15) is 11.6 Å². The lowest BCUT2D eigenvalue weighted by molar-refractivity contribution is 0.280. The third kappa shape index (κ3) is 2.17. The number of benzene rings is 1.